The van der Waals surface area contributed by atoms with Crippen molar-refractivity contribution in [3.05, 3.63) is 29.1 Å². The molecule has 1 unspecified atom stereocenters. The minimum Gasteiger partial charge on any atom is -0.481 e. The molecule has 3 rings (SSSR count). The van der Waals surface area contributed by atoms with Crippen molar-refractivity contribution in [3.63, 3.8) is 0 Å². The number of hydrogen-bond donors (Lipinski definition) is 1. The predicted molar refractivity (Wildman–Crippen MR) is 82.6 cm³/mol. The lowest BCUT2D eigenvalue weighted by atomic mass is 10.1. The van der Waals surface area contributed by atoms with E-state index >= 15 is 0 Å². The van der Waals surface area contributed by atoms with Crippen molar-refractivity contribution in [3.8, 4) is 0 Å². The third-order valence-corrected chi connectivity index (χ3v) is 4.68. The second-order valence-corrected chi connectivity index (χ2v) is 6.32. The van der Waals surface area contributed by atoms with Crippen LogP contribution in [0.5, 0.6) is 0 Å². The van der Waals surface area contributed by atoms with Gasteiger partial charge in [0.05, 0.1) is 17.5 Å². The summed E-state index contributed by atoms with van der Waals surface area (Å²) < 4.78 is 2.12. The molecule has 0 aliphatic heterocycles. The molecule has 4 nitrogen and oxygen atoms in total. The first-order valence-electron chi connectivity index (χ1n) is 7.66. The van der Waals surface area contributed by atoms with Crippen molar-refractivity contribution in [1.82, 2.24) is 9.55 Å². The maximum absolute atomic E-state index is 10.9. The SMILES string of the molecule is Cc1cc2nc(C(C)C3CC3)n(CCC(=O)O)c2cc1C. The second-order valence-electron chi connectivity index (χ2n) is 6.32. The van der Waals surface area contributed by atoms with Gasteiger partial charge in [0.1, 0.15) is 5.82 Å². The van der Waals surface area contributed by atoms with Crippen molar-refractivity contribution in [1.29, 1.82) is 0 Å². The molecule has 1 heterocycles. The van der Waals surface area contributed by atoms with Crippen LogP contribution in [0.2, 0.25) is 0 Å². The molecule has 4 heteroatoms. The van der Waals surface area contributed by atoms with Crippen LogP contribution >= 0.6 is 0 Å². The number of nitrogens with zero attached hydrogens (tertiary/aromatic N) is 2. The molecule has 0 spiro atoms. The van der Waals surface area contributed by atoms with Gasteiger partial charge in [0.15, 0.2) is 0 Å². The second kappa shape index (κ2) is 5.17. The number of aliphatic carboxylic acids is 1. The Kier molecular flexibility index (Phi) is 3.47. The van der Waals surface area contributed by atoms with E-state index in [1.54, 1.807) is 0 Å². The molecule has 112 valence electrons. The van der Waals surface area contributed by atoms with Gasteiger partial charge in [0.25, 0.3) is 0 Å². The Morgan fingerprint density at radius 3 is 2.67 bits per heavy atom. The number of fused-ring (bicyclic) bond motifs is 1. The number of carbonyl (C=O) groups is 1. The lowest BCUT2D eigenvalue weighted by Crippen LogP contribution is -2.11. The van der Waals surface area contributed by atoms with Gasteiger partial charge in [0.2, 0.25) is 0 Å². The summed E-state index contributed by atoms with van der Waals surface area (Å²) in [6.07, 6.45) is 2.67. The van der Waals surface area contributed by atoms with Gasteiger partial charge in [-0.15, -0.1) is 0 Å². The fraction of sp³-hybridized carbons (Fsp3) is 0.529. The largest absolute Gasteiger partial charge is 0.481 e. The van der Waals surface area contributed by atoms with Crippen molar-refractivity contribution in [2.24, 2.45) is 5.92 Å². The van der Waals surface area contributed by atoms with Crippen LogP contribution in [0.1, 0.15) is 49.1 Å². The minimum absolute atomic E-state index is 0.142. The summed E-state index contributed by atoms with van der Waals surface area (Å²) >= 11 is 0. The first kappa shape index (κ1) is 14.1. The highest BCUT2D eigenvalue weighted by Crippen LogP contribution is 2.42. The monoisotopic (exact) mass is 286 g/mol. The molecule has 0 saturated heterocycles. The molecule has 0 amide bonds. The van der Waals surface area contributed by atoms with Gasteiger partial charge in [0, 0.05) is 12.5 Å². The molecule has 0 radical (unpaired) electrons. The fourth-order valence-corrected chi connectivity index (χ4v) is 3.00. The van der Waals surface area contributed by atoms with Gasteiger partial charge in [-0.2, -0.15) is 0 Å². The summed E-state index contributed by atoms with van der Waals surface area (Å²) in [4.78, 5) is 15.8. The normalized spacial score (nSPS) is 16.3. The summed E-state index contributed by atoms with van der Waals surface area (Å²) in [7, 11) is 0. The number of carboxylic acid groups (broad SMARTS) is 1. The molecule has 1 aliphatic carbocycles. The van der Waals surface area contributed by atoms with Gasteiger partial charge in [-0.05, 0) is 55.9 Å². The minimum atomic E-state index is -0.759. The van der Waals surface area contributed by atoms with Crippen LogP contribution in [-0.4, -0.2) is 20.6 Å². The predicted octanol–water partition coefficient (Wildman–Crippen LogP) is 3.64. The van der Waals surface area contributed by atoms with Crippen LogP contribution in [0, 0.1) is 19.8 Å². The molecular formula is C17H22N2O2. The summed E-state index contributed by atoms with van der Waals surface area (Å²) in [6.45, 7) is 6.90. The highest BCUT2D eigenvalue weighted by Gasteiger charge is 2.32. The zero-order valence-electron chi connectivity index (χ0n) is 12.9. The van der Waals surface area contributed by atoms with E-state index in [1.165, 1.54) is 24.0 Å². The highest BCUT2D eigenvalue weighted by molar-refractivity contribution is 5.78. The first-order chi connectivity index (χ1) is 9.97. The Hall–Kier alpha value is -1.84. The van der Waals surface area contributed by atoms with E-state index in [1.807, 2.05) is 0 Å². The molecule has 1 aliphatic rings. The Morgan fingerprint density at radius 2 is 2.05 bits per heavy atom. The van der Waals surface area contributed by atoms with Gasteiger partial charge < -0.3 is 9.67 Å². The highest BCUT2D eigenvalue weighted by atomic mass is 16.4. The molecule has 1 fully saturated rings. The average molecular weight is 286 g/mol. The summed E-state index contributed by atoms with van der Waals surface area (Å²) in [5.41, 5.74) is 4.52. The van der Waals surface area contributed by atoms with E-state index in [0.29, 0.717) is 18.4 Å². The number of aryl methyl sites for hydroxylation is 3. The number of carboxylic acids is 1. The third-order valence-electron chi connectivity index (χ3n) is 4.68. The zero-order valence-corrected chi connectivity index (χ0v) is 12.9. The van der Waals surface area contributed by atoms with Crippen LogP contribution < -0.4 is 0 Å². The zero-order chi connectivity index (χ0) is 15.1. The fourth-order valence-electron chi connectivity index (χ4n) is 3.00. The van der Waals surface area contributed by atoms with Crippen LogP contribution in [0.3, 0.4) is 0 Å². The van der Waals surface area contributed by atoms with Crippen molar-refractivity contribution >= 4 is 17.0 Å². The summed E-state index contributed by atoms with van der Waals surface area (Å²) in [6, 6.07) is 4.26. The van der Waals surface area contributed by atoms with Crippen LogP contribution in [0.15, 0.2) is 12.1 Å². The first-order valence-corrected chi connectivity index (χ1v) is 7.66. The van der Waals surface area contributed by atoms with E-state index in [2.05, 4.69) is 37.5 Å². The van der Waals surface area contributed by atoms with E-state index < -0.39 is 5.97 Å². The molecule has 1 aromatic heterocycles. The van der Waals surface area contributed by atoms with Crippen molar-refractivity contribution in [2.75, 3.05) is 0 Å². The molecule has 1 saturated carbocycles. The number of aromatic nitrogens is 2. The number of benzene rings is 1. The number of rotatable bonds is 5. The smallest absolute Gasteiger partial charge is 0.305 e. The average Bonchev–Trinajstić information content (AvgIpc) is 3.21. The van der Waals surface area contributed by atoms with Crippen LogP contribution in [-0.2, 0) is 11.3 Å². The molecule has 1 aromatic carbocycles. The number of imidazole rings is 1. The van der Waals surface area contributed by atoms with Crippen LogP contribution in [0.25, 0.3) is 11.0 Å². The van der Waals surface area contributed by atoms with Crippen molar-refractivity contribution < 1.29 is 9.90 Å². The van der Waals surface area contributed by atoms with Gasteiger partial charge in [-0.25, -0.2) is 4.98 Å². The van der Waals surface area contributed by atoms with Gasteiger partial charge in [-0.1, -0.05) is 6.92 Å². The Labute approximate surface area is 124 Å². The Morgan fingerprint density at radius 1 is 1.38 bits per heavy atom. The molecule has 21 heavy (non-hydrogen) atoms. The summed E-state index contributed by atoms with van der Waals surface area (Å²) in [5, 5.41) is 9.00. The van der Waals surface area contributed by atoms with Crippen LogP contribution in [0.4, 0.5) is 0 Å². The Balaban J connectivity index is 2.10. The molecule has 1 atom stereocenters. The lowest BCUT2D eigenvalue weighted by molar-refractivity contribution is -0.137. The standard InChI is InChI=1S/C17H22N2O2/c1-10-8-14-15(9-11(10)2)19(7-6-16(20)21)17(18-14)12(3)13-4-5-13/h8-9,12-13H,4-7H2,1-3H3,(H,20,21). The van der Waals surface area contributed by atoms with E-state index in [0.717, 1.165) is 16.9 Å². The van der Waals surface area contributed by atoms with Crippen molar-refractivity contribution in [2.45, 2.75) is 52.5 Å². The third kappa shape index (κ3) is 2.67. The van der Waals surface area contributed by atoms with E-state index in [9.17, 15) is 4.79 Å². The van der Waals surface area contributed by atoms with Gasteiger partial charge >= 0.3 is 5.97 Å². The lowest BCUT2D eigenvalue weighted by Gasteiger charge is -2.13. The molecular weight excluding hydrogens is 264 g/mol. The summed E-state index contributed by atoms with van der Waals surface area (Å²) in [5.74, 6) is 1.42. The molecule has 1 N–H and O–H groups in total. The topological polar surface area (TPSA) is 55.1 Å². The maximum atomic E-state index is 10.9. The maximum Gasteiger partial charge on any atom is 0.305 e. The Bertz CT molecular complexity index is 698. The molecule has 0 bridgehead atoms. The quantitative estimate of drug-likeness (QED) is 0.913. The molecule has 2 aromatic rings. The van der Waals surface area contributed by atoms with E-state index in [-0.39, 0.29) is 6.42 Å². The van der Waals surface area contributed by atoms with E-state index in [4.69, 9.17) is 10.1 Å². The number of hydrogen-bond acceptors (Lipinski definition) is 2. The van der Waals surface area contributed by atoms with Gasteiger partial charge in [-0.3, -0.25) is 4.79 Å².